The number of rotatable bonds is 6. The fourth-order valence-electron chi connectivity index (χ4n) is 2.69. The number of H-pyrrole nitrogens is 1. The molecule has 2 rings (SSSR count). The minimum atomic E-state index is 0.512. The summed E-state index contributed by atoms with van der Waals surface area (Å²) in [6.07, 6.45) is 4.85. The first-order valence-electron chi connectivity index (χ1n) is 7.65. The lowest BCUT2D eigenvalue weighted by molar-refractivity contribution is 0.479. The lowest BCUT2D eigenvalue weighted by Gasteiger charge is -2.30. The molecule has 2 heterocycles. The van der Waals surface area contributed by atoms with Crippen molar-refractivity contribution < 1.29 is 0 Å². The van der Waals surface area contributed by atoms with Gasteiger partial charge in [0.05, 0.1) is 0 Å². The van der Waals surface area contributed by atoms with Crippen molar-refractivity contribution in [2.24, 2.45) is 0 Å². The molecule has 19 heavy (non-hydrogen) atoms. The molecule has 1 aromatic rings. The number of hydrogen-bond donors (Lipinski definition) is 2. The molecule has 5 nitrogen and oxygen atoms in total. The number of aromatic amines is 1. The predicted octanol–water partition coefficient (Wildman–Crippen LogP) is 2.29. The first-order chi connectivity index (χ1) is 9.24. The van der Waals surface area contributed by atoms with Crippen LogP contribution in [0.2, 0.25) is 0 Å². The fraction of sp³-hybridized carbons (Fsp3) is 0.857. The van der Waals surface area contributed by atoms with E-state index in [4.69, 9.17) is 4.98 Å². The van der Waals surface area contributed by atoms with E-state index in [1.807, 2.05) is 0 Å². The van der Waals surface area contributed by atoms with Gasteiger partial charge in [-0.05, 0) is 19.8 Å². The average Bonchev–Trinajstić information content (AvgIpc) is 2.89. The summed E-state index contributed by atoms with van der Waals surface area (Å²) in [7, 11) is 0. The molecule has 0 aromatic carbocycles. The summed E-state index contributed by atoms with van der Waals surface area (Å²) < 4.78 is 0. The number of nitrogens with zero attached hydrogens (tertiary/aromatic N) is 3. The van der Waals surface area contributed by atoms with Gasteiger partial charge in [0.2, 0.25) is 5.95 Å². The summed E-state index contributed by atoms with van der Waals surface area (Å²) in [5.74, 6) is 2.47. The second kappa shape index (κ2) is 6.89. The molecule has 0 aliphatic carbocycles. The SMILES string of the molecule is CCCCC(CC)c1nc(N2CCNC(C)C2)n[nH]1. The third-order valence-electron chi connectivity index (χ3n) is 3.93. The van der Waals surface area contributed by atoms with Crippen molar-refractivity contribution in [2.75, 3.05) is 24.5 Å². The molecule has 2 atom stereocenters. The first kappa shape index (κ1) is 14.3. The summed E-state index contributed by atoms with van der Waals surface area (Å²) in [5, 5.41) is 11.0. The largest absolute Gasteiger partial charge is 0.337 e. The van der Waals surface area contributed by atoms with Crippen molar-refractivity contribution in [2.45, 2.75) is 58.4 Å². The second-order valence-corrected chi connectivity index (χ2v) is 5.57. The van der Waals surface area contributed by atoms with Gasteiger partial charge in [0, 0.05) is 31.6 Å². The molecular formula is C14H27N5. The van der Waals surface area contributed by atoms with Crippen LogP contribution >= 0.6 is 0 Å². The number of hydrogen-bond acceptors (Lipinski definition) is 4. The van der Waals surface area contributed by atoms with Crippen LogP contribution in [0.3, 0.4) is 0 Å². The van der Waals surface area contributed by atoms with Gasteiger partial charge in [-0.15, -0.1) is 5.10 Å². The molecule has 0 bridgehead atoms. The molecule has 0 radical (unpaired) electrons. The summed E-state index contributed by atoms with van der Waals surface area (Å²) in [6.45, 7) is 9.67. The highest BCUT2D eigenvalue weighted by molar-refractivity contribution is 5.30. The maximum absolute atomic E-state index is 4.72. The van der Waals surface area contributed by atoms with Crippen molar-refractivity contribution in [1.82, 2.24) is 20.5 Å². The Bertz CT molecular complexity index is 376. The molecule has 1 fully saturated rings. The van der Waals surface area contributed by atoms with Gasteiger partial charge in [0.25, 0.3) is 0 Å². The molecule has 1 aliphatic rings. The Morgan fingerprint density at radius 1 is 1.42 bits per heavy atom. The fourth-order valence-corrected chi connectivity index (χ4v) is 2.69. The highest BCUT2D eigenvalue weighted by Crippen LogP contribution is 2.23. The van der Waals surface area contributed by atoms with E-state index in [9.17, 15) is 0 Å². The molecule has 2 N–H and O–H groups in total. The third-order valence-corrected chi connectivity index (χ3v) is 3.93. The predicted molar refractivity (Wildman–Crippen MR) is 78.6 cm³/mol. The molecule has 5 heteroatoms. The molecule has 0 saturated carbocycles. The van der Waals surface area contributed by atoms with Gasteiger partial charge < -0.3 is 10.2 Å². The Morgan fingerprint density at radius 3 is 2.95 bits per heavy atom. The number of nitrogens with one attached hydrogen (secondary N) is 2. The van der Waals surface area contributed by atoms with Crippen LogP contribution in [0.4, 0.5) is 5.95 Å². The number of unbranched alkanes of at least 4 members (excludes halogenated alkanes) is 1. The average molecular weight is 265 g/mol. The van der Waals surface area contributed by atoms with Crippen molar-refractivity contribution in [3.8, 4) is 0 Å². The first-order valence-corrected chi connectivity index (χ1v) is 7.65. The Labute approximate surface area is 116 Å². The van der Waals surface area contributed by atoms with Gasteiger partial charge in [-0.2, -0.15) is 4.98 Å². The Balaban J connectivity index is 2.00. The van der Waals surface area contributed by atoms with Gasteiger partial charge in [-0.25, -0.2) is 0 Å². The molecule has 1 saturated heterocycles. The van der Waals surface area contributed by atoms with Gasteiger partial charge in [-0.1, -0.05) is 26.7 Å². The zero-order valence-corrected chi connectivity index (χ0v) is 12.4. The topological polar surface area (TPSA) is 56.8 Å². The van der Waals surface area contributed by atoms with Gasteiger partial charge in [0.15, 0.2) is 0 Å². The summed E-state index contributed by atoms with van der Waals surface area (Å²) in [6, 6.07) is 0.512. The van der Waals surface area contributed by atoms with E-state index in [0.717, 1.165) is 37.8 Å². The standard InChI is InChI=1S/C14H27N5/c1-4-6-7-12(5-2)13-16-14(18-17-13)19-9-8-15-11(3)10-19/h11-12,15H,4-10H2,1-3H3,(H,16,17,18). The highest BCUT2D eigenvalue weighted by Gasteiger charge is 2.21. The van der Waals surface area contributed by atoms with Crippen LogP contribution in [0.25, 0.3) is 0 Å². The van der Waals surface area contributed by atoms with E-state index < -0.39 is 0 Å². The van der Waals surface area contributed by atoms with Crippen molar-refractivity contribution in [3.05, 3.63) is 5.82 Å². The monoisotopic (exact) mass is 265 g/mol. The van der Waals surface area contributed by atoms with Crippen molar-refractivity contribution in [3.63, 3.8) is 0 Å². The highest BCUT2D eigenvalue weighted by atomic mass is 15.4. The maximum atomic E-state index is 4.72. The normalized spacial score (nSPS) is 21.6. The smallest absolute Gasteiger partial charge is 0.244 e. The van der Waals surface area contributed by atoms with Crippen LogP contribution in [0, 0.1) is 0 Å². The molecule has 1 aromatic heterocycles. The van der Waals surface area contributed by atoms with E-state index in [0.29, 0.717) is 12.0 Å². The van der Waals surface area contributed by atoms with E-state index in [-0.39, 0.29) is 0 Å². The zero-order chi connectivity index (χ0) is 13.7. The van der Waals surface area contributed by atoms with Crippen LogP contribution in [-0.4, -0.2) is 40.9 Å². The molecule has 1 aliphatic heterocycles. The number of aromatic nitrogens is 3. The van der Waals surface area contributed by atoms with Gasteiger partial charge in [-0.3, -0.25) is 5.10 Å². The van der Waals surface area contributed by atoms with Crippen LogP contribution in [0.15, 0.2) is 0 Å². The lowest BCUT2D eigenvalue weighted by Crippen LogP contribution is -2.49. The number of anilines is 1. The molecular weight excluding hydrogens is 238 g/mol. The van der Waals surface area contributed by atoms with Crippen LogP contribution in [0.1, 0.15) is 58.2 Å². The maximum Gasteiger partial charge on any atom is 0.244 e. The van der Waals surface area contributed by atoms with Crippen LogP contribution in [-0.2, 0) is 0 Å². The summed E-state index contributed by atoms with van der Waals surface area (Å²) >= 11 is 0. The summed E-state index contributed by atoms with van der Waals surface area (Å²) in [5.41, 5.74) is 0. The minimum absolute atomic E-state index is 0.512. The second-order valence-electron chi connectivity index (χ2n) is 5.57. The zero-order valence-electron chi connectivity index (χ0n) is 12.4. The molecule has 0 amide bonds. The van der Waals surface area contributed by atoms with Gasteiger partial charge >= 0.3 is 0 Å². The Hall–Kier alpha value is -1.10. The van der Waals surface area contributed by atoms with E-state index in [1.165, 1.54) is 19.3 Å². The van der Waals surface area contributed by atoms with E-state index in [2.05, 4.69) is 41.2 Å². The minimum Gasteiger partial charge on any atom is -0.337 e. The van der Waals surface area contributed by atoms with E-state index >= 15 is 0 Å². The number of piperazine rings is 1. The molecule has 0 spiro atoms. The van der Waals surface area contributed by atoms with Crippen molar-refractivity contribution in [1.29, 1.82) is 0 Å². The van der Waals surface area contributed by atoms with Crippen molar-refractivity contribution >= 4 is 5.95 Å². The van der Waals surface area contributed by atoms with Crippen LogP contribution < -0.4 is 10.2 Å². The van der Waals surface area contributed by atoms with Gasteiger partial charge in [0.1, 0.15) is 5.82 Å². The third kappa shape index (κ3) is 3.69. The lowest BCUT2D eigenvalue weighted by atomic mass is 9.99. The Morgan fingerprint density at radius 2 is 2.26 bits per heavy atom. The van der Waals surface area contributed by atoms with E-state index in [1.54, 1.807) is 0 Å². The molecule has 2 unspecified atom stereocenters. The quantitative estimate of drug-likeness (QED) is 0.828. The summed E-state index contributed by atoms with van der Waals surface area (Å²) in [4.78, 5) is 7.00. The van der Waals surface area contributed by atoms with Crippen LogP contribution in [0.5, 0.6) is 0 Å². The molecule has 108 valence electrons. The Kier molecular flexibility index (Phi) is 5.19.